The Morgan fingerprint density at radius 3 is 2.72 bits per heavy atom. The van der Waals surface area contributed by atoms with Crippen molar-refractivity contribution in [3.63, 3.8) is 0 Å². The number of H-pyrrole nitrogens is 2. The van der Waals surface area contributed by atoms with Gasteiger partial charge in [0.05, 0.1) is 5.69 Å². The molecule has 2 heterocycles. The average Bonchev–Trinajstić information content (AvgIpc) is 3.20. The number of rotatable bonds is 2. The largest absolute Gasteiger partial charge is 0.443 e. The van der Waals surface area contributed by atoms with Crippen LogP contribution in [-0.2, 0) is 17.6 Å². The number of aromatic amines is 2. The molecule has 3 aromatic rings. The van der Waals surface area contributed by atoms with Gasteiger partial charge in [-0.25, -0.2) is 4.79 Å². The lowest BCUT2D eigenvalue weighted by Crippen LogP contribution is -2.34. The second kappa shape index (κ2) is 6.65. The Balaban J connectivity index is 1.63. The molecule has 0 atom stereocenters. The molecule has 0 bridgehead atoms. The van der Waals surface area contributed by atoms with Crippen molar-refractivity contribution in [3.8, 4) is 11.4 Å². The van der Waals surface area contributed by atoms with E-state index in [4.69, 9.17) is 4.74 Å². The van der Waals surface area contributed by atoms with E-state index in [0.717, 1.165) is 47.2 Å². The molecule has 154 valence electrons. The van der Waals surface area contributed by atoms with Gasteiger partial charge in [-0.2, -0.15) is 5.10 Å². The van der Waals surface area contributed by atoms with Gasteiger partial charge in [0.2, 0.25) is 0 Å². The number of nitrogens with zero attached hydrogens (tertiary/aromatic N) is 2. The number of nitrogens with one attached hydrogen (secondary N) is 2. The molecule has 1 aliphatic carbocycles. The summed E-state index contributed by atoms with van der Waals surface area (Å²) in [5, 5.41) is 8.96. The topological polar surface area (TPSA) is 74.0 Å². The van der Waals surface area contributed by atoms with Gasteiger partial charge in [0.15, 0.2) is 0 Å². The van der Waals surface area contributed by atoms with Crippen LogP contribution in [-0.4, -0.2) is 33.9 Å². The summed E-state index contributed by atoms with van der Waals surface area (Å²) in [4.78, 5) is 17.4. The van der Waals surface area contributed by atoms with Crippen molar-refractivity contribution < 1.29 is 9.53 Å². The monoisotopic (exact) mass is 394 g/mol. The van der Waals surface area contributed by atoms with E-state index < -0.39 is 5.60 Å². The Labute approximate surface area is 171 Å². The molecule has 0 spiro atoms. The number of benzene rings is 1. The highest BCUT2D eigenvalue weighted by atomic mass is 16.6. The fourth-order valence-corrected chi connectivity index (χ4v) is 3.96. The third-order valence-corrected chi connectivity index (χ3v) is 5.58. The van der Waals surface area contributed by atoms with Crippen molar-refractivity contribution in [3.05, 3.63) is 35.5 Å². The fraction of sp³-hybridized carbons (Fsp3) is 0.478. The third-order valence-electron chi connectivity index (χ3n) is 5.58. The maximum Gasteiger partial charge on any atom is 0.414 e. The van der Waals surface area contributed by atoms with Crippen LogP contribution in [0.2, 0.25) is 0 Å². The molecule has 1 aliphatic rings. The highest BCUT2D eigenvalue weighted by Gasteiger charge is 2.29. The molecular weight excluding hydrogens is 364 g/mol. The van der Waals surface area contributed by atoms with Gasteiger partial charge in [-0.1, -0.05) is 19.9 Å². The zero-order valence-corrected chi connectivity index (χ0v) is 18.1. The predicted molar refractivity (Wildman–Crippen MR) is 116 cm³/mol. The minimum Gasteiger partial charge on any atom is -0.443 e. The standard InChI is InChI=1S/C23H30N4O2/c1-22(2,3)29-21(28)27(6)15-8-7-14-11-18(24-17(14)12-15)20-16-9-10-23(4,5)13-19(16)25-26-20/h7-8,11-12,24H,9-10,13H2,1-6H3,(H,25,26). The lowest BCUT2D eigenvalue weighted by molar-refractivity contribution is 0.0589. The summed E-state index contributed by atoms with van der Waals surface area (Å²) in [5.74, 6) is 0. The van der Waals surface area contributed by atoms with Gasteiger partial charge in [-0.05, 0) is 63.6 Å². The van der Waals surface area contributed by atoms with E-state index in [0.29, 0.717) is 5.41 Å². The molecule has 29 heavy (non-hydrogen) atoms. The van der Waals surface area contributed by atoms with Gasteiger partial charge in [-0.15, -0.1) is 0 Å². The lowest BCUT2D eigenvalue weighted by Gasteiger charge is -2.28. The highest BCUT2D eigenvalue weighted by molar-refractivity contribution is 5.93. The first-order valence-corrected chi connectivity index (χ1v) is 10.2. The summed E-state index contributed by atoms with van der Waals surface area (Å²) in [6.07, 6.45) is 2.86. The van der Waals surface area contributed by atoms with Crippen LogP contribution in [0.5, 0.6) is 0 Å². The van der Waals surface area contributed by atoms with Crippen LogP contribution >= 0.6 is 0 Å². The predicted octanol–water partition coefficient (Wildman–Crippen LogP) is 5.44. The van der Waals surface area contributed by atoms with Crippen molar-refractivity contribution in [2.45, 2.75) is 59.5 Å². The van der Waals surface area contributed by atoms with Crippen LogP contribution in [0.1, 0.15) is 52.3 Å². The zero-order valence-electron chi connectivity index (χ0n) is 18.1. The van der Waals surface area contributed by atoms with Crippen molar-refractivity contribution in [1.82, 2.24) is 15.2 Å². The summed E-state index contributed by atoms with van der Waals surface area (Å²) in [6.45, 7) is 10.2. The van der Waals surface area contributed by atoms with Gasteiger partial charge in [-0.3, -0.25) is 10.00 Å². The second-order valence-electron chi connectivity index (χ2n) is 9.86. The van der Waals surface area contributed by atoms with Gasteiger partial charge in [0.25, 0.3) is 0 Å². The van der Waals surface area contributed by atoms with E-state index in [1.54, 1.807) is 7.05 Å². The van der Waals surface area contributed by atoms with Crippen LogP contribution in [0.4, 0.5) is 10.5 Å². The molecule has 1 aromatic carbocycles. The molecule has 2 N–H and O–H groups in total. The van der Waals surface area contributed by atoms with E-state index in [-0.39, 0.29) is 6.09 Å². The molecule has 0 saturated carbocycles. The van der Waals surface area contributed by atoms with Crippen molar-refractivity contribution >= 4 is 22.7 Å². The molecular formula is C23H30N4O2. The third kappa shape index (κ3) is 3.88. The van der Waals surface area contributed by atoms with E-state index in [1.165, 1.54) is 16.2 Å². The van der Waals surface area contributed by atoms with E-state index in [1.807, 2.05) is 39.0 Å². The Bertz CT molecular complexity index is 1070. The molecule has 1 amide bonds. The first kappa shape index (κ1) is 19.6. The summed E-state index contributed by atoms with van der Waals surface area (Å²) < 4.78 is 5.47. The second-order valence-corrected chi connectivity index (χ2v) is 9.86. The summed E-state index contributed by atoms with van der Waals surface area (Å²) in [5.41, 5.74) is 6.14. The van der Waals surface area contributed by atoms with E-state index in [2.05, 4.69) is 35.1 Å². The maximum atomic E-state index is 12.4. The van der Waals surface area contributed by atoms with Crippen LogP contribution in [0, 0.1) is 5.41 Å². The van der Waals surface area contributed by atoms with Crippen LogP contribution in [0.25, 0.3) is 22.3 Å². The lowest BCUT2D eigenvalue weighted by atomic mass is 9.76. The van der Waals surface area contributed by atoms with Crippen molar-refractivity contribution in [1.29, 1.82) is 0 Å². The minimum absolute atomic E-state index is 0.318. The minimum atomic E-state index is -0.525. The zero-order chi connectivity index (χ0) is 21.0. The average molecular weight is 395 g/mol. The molecule has 6 nitrogen and oxygen atoms in total. The van der Waals surface area contributed by atoms with Gasteiger partial charge in [0.1, 0.15) is 11.3 Å². The number of hydrogen-bond acceptors (Lipinski definition) is 3. The van der Waals surface area contributed by atoms with Crippen LogP contribution in [0.3, 0.4) is 0 Å². The summed E-state index contributed by atoms with van der Waals surface area (Å²) >= 11 is 0. The Morgan fingerprint density at radius 1 is 1.24 bits per heavy atom. The molecule has 0 saturated heterocycles. The molecule has 6 heteroatoms. The Morgan fingerprint density at radius 2 is 2.00 bits per heavy atom. The number of fused-ring (bicyclic) bond motifs is 2. The highest BCUT2D eigenvalue weighted by Crippen LogP contribution is 2.38. The number of amides is 1. The molecule has 0 unspecified atom stereocenters. The molecule has 0 radical (unpaired) electrons. The van der Waals surface area contributed by atoms with Gasteiger partial charge in [0, 0.05) is 34.9 Å². The van der Waals surface area contributed by atoms with Crippen LogP contribution < -0.4 is 4.90 Å². The van der Waals surface area contributed by atoms with Crippen molar-refractivity contribution in [2.75, 3.05) is 11.9 Å². The smallest absolute Gasteiger partial charge is 0.414 e. The molecule has 4 rings (SSSR count). The van der Waals surface area contributed by atoms with E-state index >= 15 is 0 Å². The fourth-order valence-electron chi connectivity index (χ4n) is 3.96. The van der Waals surface area contributed by atoms with Crippen molar-refractivity contribution in [2.24, 2.45) is 5.41 Å². The summed E-state index contributed by atoms with van der Waals surface area (Å²) in [7, 11) is 1.73. The number of carbonyl (C=O) groups is 1. The maximum absolute atomic E-state index is 12.4. The quantitative estimate of drug-likeness (QED) is 0.607. The number of hydrogen-bond donors (Lipinski definition) is 2. The van der Waals surface area contributed by atoms with Gasteiger partial charge < -0.3 is 9.72 Å². The molecule has 0 aliphatic heterocycles. The normalized spacial score (nSPS) is 15.9. The first-order valence-electron chi connectivity index (χ1n) is 10.2. The SMILES string of the molecule is CN(C(=O)OC(C)(C)C)c1ccc2cc(-c3n[nH]c4c3CCC(C)(C)C4)[nH]c2c1. The molecule has 2 aromatic heterocycles. The van der Waals surface area contributed by atoms with E-state index in [9.17, 15) is 4.79 Å². The summed E-state index contributed by atoms with van der Waals surface area (Å²) in [6, 6.07) is 8.06. The number of carbonyl (C=O) groups excluding carboxylic acids is 1. The number of anilines is 1. The Hall–Kier alpha value is -2.76. The Kier molecular flexibility index (Phi) is 4.48. The van der Waals surface area contributed by atoms with Crippen LogP contribution in [0.15, 0.2) is 24.3 Å². The number of aromatic nitrogens is 3. The molecule has 0 fully saturated rings. The van der Waals surface area contributed by atoms with Gasteiger partial charge >= 0.3 is 6.09 Å². The number of ether oxygens (including phenoxy) is 1. The first-order chi connectivity index (χ1) is 13.5.